The SMILES string of the molecule is Fc1ccccc1OCc1noc(C2CCCNC2)n1. The highest BCUT2D eigenvalue weighted by Gasteiger charge is 2.21. The molecule has 1 unspecified atom stereocenters. The lowest BCUT2D eigenvalue weighted by molar-refractivity contribution is 0.270. The first-order valence-corrected chi connectivity index (χ1v) is 6.73. The summed E-state index contributed by atoms with van der Waals surface area (Å²) in [6, 6.07) is 6.25. The van der Waals surface area contributed by atoms with E-state index in [0.717, 1.165) is 25.9 Å². The van der Waals surface area contributed by atoms with Crippen molar-refractivity contribution in [1.82, 2.24) is 15.5 Å². The van der Waals surface area contributed by atoms with Crippen LogP contribution in [0.4, 0.5) is 4.39 Å². The van der Waals surface area contributed by atoms with E-state index in [2.05, 4.69) is 15.5 Å². The summed E-state index contributed by atoms with van der Waals surface area (Å²) < 4.78 is 24.0. The van der Waals surface area contributed by atoms with Crippen LogP contribution in [0.15, 0.2) is 28.8 Å². The maximum atomic E-state index is 13.4. The van der Waals surface area contributed by atoms with Crippen LogP contribution >= 0.6 is 0 Å². The monoisotopic (exact) mass is 277 g/mol. The molecule has 0 radical (unpaired) electrons. The summed E-state index contributed by atoms with van der Waals surface area (Å²) >= 11 is 0. The highest BCUT2D eigenvalue weighted by Crippen LogP contribution is 2.22. The van der Waals surface area contributed by atoms with Gasteiger partial charge in [0.15, 0.2) is 18.2 Å². The van der Waals surface area contributed by atoms with Gasteiger partial charge in [-0.2, -0.15) is 4.98 Å². The second-order valence-corrected chi connectivity index (χ2v) is 4.81. The number of nitrogens with zero attached hydrogens (tertiary/aromatic N) is 2. The molecule has 1 fully saturated rings. The van der Waals surface area contributed by atoms with E-state index in [4.69, 9.17) is 9.26 Å². The second kappa shape index (κ2) is 6.00. The molecule has 0 bridgehead atoms. The molecule has 0 spiro atoms. The smallest absolute Gasteiger partial charge is 0.231 e. The zero-order valence-electron chi connectivity index (χ0n) is 11.0. The van der Waals surface area contributed by atoms with Crippen molar-refractivity contribution in [3.05, 3.63) is 41.8 Å². The van der Waals surface area contributed by atoms with E-state index < -0.39 is 5.82 Å². The molecule has 0 aliphatic carbocycles. The Kier molecular flexibility index (Phi) is 3.92. The number of rotatable bonds is 4. The number of halogens is 1. The number of hydrogen-bond acceptors (Lipinski definition) is 5. The van der Waals surface area contributed by atoms with Gasteiger partial charge >= 0.3 is 0 Å². The zero-order valence-corrected chi connectivity index (χ0v) is 11.0. The molecule has 1 aromatic heterocycles. The van der Waals surface area contributed by atoms with E-state index in [1.165, 1.54) is 6.07 Å². The van der Waals surface area contributed by atoms with Crippen molar-refractivity contribution in [3.8, 4) is 5.75 Å². The first-order chi connectivity index (χ1) is 9.83. The minimum Gasteiger partial charge on any atom is -0.482 e. The average Bonchev–Trinajstić information content (AvgIpc) is 2.96. The summed E-state index contributed by atoms with van der Waals surface area (Å²) in [5.74, 6) is 1.13. The van der Waals surface area contributed by atoms with E-state index in [1.54, 1.807) is 18.2 Å². The summed E-state index contributed by atoms with van der Waals surface area (Å²) in [7, 11) is 0. The predicted molar refractivity (Wildman–Crippen MR) is 69.9 cm³/mol. The van der Waals surface area contributed by atoms with Gasteiger partial charge in [0.2, 0.25) is 11.7 Å². The van der Waals surface area contributed by atoms with Crippen LogP contribution in [0.2, 0.25) is 0 Å². The second-order valence-electron chi connectivity index (χ2n) is 4.81. The third-order valence-electron chi connectivity index (χ3n) is 3.32. The minimum atomic E-state index is -0.396. The third kappa shape index (κ3) is 2.96. The molecular weight excluding hydrogens is 261 g/mol. The van der Waals surface area contributed by atoms with Crippen LogP contribution in [-0.4, -0.2) is 23.2 Å². The van der Waals surface area contributed by atoms with Gasteiger partial charge in [0.05, 0.1) is 5.92 Å². The van der Waals surface area contributed by atoms with Crippen LogP contribution in [0.25, 0.3) is 0 Å². The maximum absolute atomic E-state index is 13.4. The van der Waals surface area contributed by atoms with Crippen molar-refractivity contribution in [1.29, 1.82) is 0 Å². The lowest BCUT2D eigenvalue weighted by atomic mass is 10.00. The molecule has 20 heavy (non-hydrogen) atoms. The molecule has 1 aliphatic heterocycles. The summed E-state index contributed by atoms with van der Waals surface area (Å²) in [6.45, 7) is 1.99. The lowest BCUT2D eigenvalue weighted by Crippen LogP contribution is -2.28. The van der Waals surface area contributed by atoms with Crippen LogP contribution in [0.3, 0.4) is 0 Å². The van der Waals surface area contributed by atoms with Gasteiger partial charge < -0.3 is 14.6 Å². The van der Waals surface area contributed by atoms with Crippen molar-refractivity contribution in [2.75, 3.05) is 13.1 Å². The molecule has 5 nitrogen and oxygen atoms in total. The standard InChI is InChI=1S/C14H16FN3O2/c15-11-5-1-2-6-12(11)19-9-13-17-14(20-18-13)10-4-3-7-16-8-10/h1-2,5-6,10,16H,3-4,7-9H2. The summed E-state index contributed by atoms with van der Waals surface area (Å²) in [5.41, 5.74) is 0. The number of ether oxygens (including phenoxy) is 1. The van der Waals surface area contributed by atoms with E-state index in [-0.39, 0.29) is 18.3 Å². The van der Waals surface area contributed by atoms with Gasteiger partial charge in [-0.25, -0.2) is 4.39 Å². The van der Waals surface area contributed by atoms with Gasteiger partial charge in [0, 0.05) is 6.54 Å². The number of hydrogen-bond donors (Lipinski definition) is 1. The van der Waals surface area contributed by atoms with Crippen LogP contribution in [0.5, 0.6) is 5.75 Å². The topological polar surface area (TPSA) is 60.2 Å². The number of nitrogens with one attached hydrogen (secondary N) is 1. The lowest BCUT2D eigenvalue weighted by Gasteiger charge is -2.18. The molecule has 106 valence electrons. The minimum absolute atomic E-state index is 0.102. The first-order valence-electron chi connectivity index (χ1n) is 6.73. The molecule has 0 saturated carbocycles. The predicted octanol–water partition coefficient (Wildman–Crippen LogP) is 2.25. The molecule has 0 amide bonds. The van der Waals surface area contributed by atoms with E-state index in [9.17, 15) is 4.39 Å². The Hall–Kier alpha value is -1.95. The molecule has 3 rings (SSSR count). The van der Waals surface area contributed by atoms with Crippen molar-refractivity contribution in [3.63, 3.8) is 0 Å². The Balaban J connectivity index is 1.61. The van der Waals surface area contributed by atoms with E-state index >= 15 is 0 Å². The van der Waals surface area contributed by atoms with Crippen molar-refractivity contribution in [2.45, 2.75) is 25.4 Å². The first kappa shape index (κ1) is 13.1. The fourth-order valence-electron chi connectivity index (χ4n) is 2.26. The van der Waals surface area contributed by atoms with Crippen LogP contribution in [0.1, 0.15) is 30.5 Å². The van der Waals surface area contributed by atoms with Gasteiger partial charge in [0.25, 0.3) is 0 Å². The van der Waals surface area contributed by atoms with Gasteiger partial charge in [-0.05, 0) is 31.5 Å². The van der Waals surface area contributed by atoms with Crippen molar-refractivity contribution >= 4 is 0 Å². The van der Waals surface area contributed by atoms with E-state index in [0.29, 0.717) is 11.7 Å². The molecular formula is C14H16FN3O2. The summed E-state index contributed by atoms with van der Waals surface area (Å²) in [4.78, 5) is 4.31. The maximum Gasteiger partial charge on any atom is 0.231 e. The largest absolute Gasteiger partial charge is 0.482 e. The third-order valence-corrected chi connectivity index (χ3v) is 3.32. The quantitative estimate of drug-likeness (QED) is 0.928. The van der Waals surface area contributed by atoms with E-state index in [1.807, 2.05) is 0 Å². The van der Waals surface area contributed by atoms with Crippen LogP contribution < -0.4 is 10.1 Å². The number of benzene rings is 1. The van der Waals surface area contributed by atoms with Gasteiger partial charge in [0.1, 0.15) is 0 Å². The Morgan fingerprint density at radius 1 is 1.40 bits per heavy atom. The molecule has 1 atom stereocenters. The highest BCUT2D eigenvalue weighted by atomic mass is 19.1. The summed E-state index contributed by atoms with van der Waals surface area (Å²) in [5, 5.41) is 7.17. The number of piperidine rings is 1. The Bertz CT molecular complexity index is 567. The molecule has 2 heterocycles. The van der Waals surface area contributed by atoms with Crippen LogP contribution in [-0.2, 0) is 6.61 Å². The number of aromatic nitrogens is 2. The average molecular weight is 277 g/mol. The fourth-order valence-corrected chi connectivity index (χ4v) is 2.26. The summed E-state index contributed by atoms with van der Waals surface area (Å²) in [6.07, 6.45) is 2.15. The Labute approximate surface area is 116 Å². The Morgan fingerprint density at radius 2 is 2.30 bits per heavy atom. The van der Waals surface area contributed by atoms with Gasteiger partial charge in [-0.1, -0.05) is 17.3 Å². The van der Waals surface area contributed by atoms with Gasteiger partial charge in [-0.15, -0.1) is 0 Å². The van der Waals surface area contributed by atoms with Crippen molar-refractivity contribution < 1.29 is 13.7 Å². The fraction of sp³-hybridized carbons (Fsp3) is 0.429. The van der Waals surface area contributed by atoms with Gasteiger partial charge in [-0.3, -0.25) is 0 Å². The molecule has 2 aromatic rings. The molecule has 1 aliphatic rings. The molecule has 1 N–H and O–H groups in total. The molecule has 1 aromatic carbocycles. The number of para-hydroxylation sites is 1. The molecule has 1 saturated heterocycles. The van der Waals surface area contributed by atoms with Crippen molar-refractivity contribution in [2.24, 2.45) is 0 Å². The zero-order chi connectivity index (χ0) is 13.8. The Morgan fingerprint density at radius 3 is 3.10 bits per heavy atom. The normalized spacial score (nSPS) is 18.9. The molecule has 6 heteroatoms. The highest BCUT2D eigenvalue weighted by molar-refractivity contribution is 5.23. The van der Waals surface area contributed by atoms with Crippen LogP contribution in [0, 0.1) is 5.82 Å².